The lowest BCUT2D eigenvalue weighted by Gasteiger charge is -2.39. The average molecular weight is 574 g/mol. The predicted molar refractivity (Wildman–Crippen MR) is 154 cm³/mol. The van der Waals surface area contributed by atoms with Gasteiger partial charge in [0, 0.05) is 31.1 Å². The maximum absolute atomic E-state index is 15.1. The Hall–Kier alpha value is -4.76. The fourth-order valence-corrected chi connectivity index (χ4v) is 5.72. The first-order valence-corrected chi connectivity index (χ1v) is 13.1. The van der Waals surface area contributed by atoms with E-state index in [1.165, 1.54) is 28.8 Å². The van der Waals surface area contributed by atoms with Gasteiger partial charge in [0.2, 0.25) is 5.91 Å². The summed E-state index contributed by atoms with van der Waals surface area (Å²) in [5, 5.41) is 12.1. The van der Waals surface area contributed by atoms with Crippen LogP contribution in [0.15, 0.2) is 89.0 Å². The van der Waals surface area contributed by atoms with Crippen molar-refractivity contribution in [1.29, 1.82) is 0 Å². The standard InChI is InChI=1S/C31H22ClF2N3O4/c1-2-28(39)35-14-17(15-35)16-36-26-13-23(32)22(21-11-19(38)10-18-6-3-4-7-20(18)21)12-27(26)37(31(41)30(36)40)29-24(33)8-5-9-25(29)34/h2-13,17,38H,1,14-16H2. The van der Waals surface area contributed by atoms with Gasteiger partial charge in [0.05, 0.1) is 16.1 Å². The van der Waals surface area contributed by atoms with Gasteiger partial charge in [-0.05, 0) is 58.8 Å². The van der Waals surface area contributed by atoms with Crippen LogP contribution in [0.5, 0.6) is 5.75 Å². The van der Waals surface area contributed by atoms with E-state index in [1.54, 1.807) is 11.0 Å². The van der Waals surface area contributed by atoms with Crippen LogP contribution in [-0.4, -0.2) is 38.1 Å². The summed E-state index contributed by atoms with van der Waals surface area (Å²) in [5.74, 6) is -2.46. The molecule has 1 aromatic heterocycles. The molecule has 1 N–H and O–H groups in total. The van der Waals surface area contributed by atoms with Gasteiger partial charge in [0.1, 0.15) is 23.1 Å². The lowest BCUT2D eigenvalue weighted by atomic mass is 9.96. The Kier molecular flexibility index (Phi) is 6.46. The number of rotatable bonds is 5. The Morgan fingerprint density at radius 2 is 1.66 bits per heavy atom. The van der Waals surface area contributed by atoms with Gasteiger partial charge >= 0.3 is 11.1 Å². The molecule has 206 valence electrons. The van der Waals surface area contributed by atoms with Gasteiger partial charge in [-0.25, -0.2) is 8.78 Å². The Labute approximate surface area is 236 Å². The van der Waals surface area contributed by atoms with Crippen LogP contribution in [0.1, 0.15) is 0 Å². The third-order valence-electron chi connectivity index (χ3n) is 7.41. The zero-order chi connectivity index (χ0) is 29.0. The third-order valence-corrected chi connectivity index (χ3v) is 7.72. The molecule has 0 unspecified atom stereocenters. The van der Waals surface area contributed by atoms with Crippen molar-refractivity contribution in [3.8, 4) is 22.6 Å². The zero-order valence-electron chi connectivity index (χ0n) is 21.5. The molecule has 6 rings (SSSR count). The van der Waals surface area contributed by atoms with Crippen molar-refractivity contribution >= 4 is 39.3 Å². The molecule has 7 nitrogen and oxygen atoms in total. The number of aromatic hydroxyl groups is 1. The molecule has 0 radical (unpaired) electrons. The number of hydrogen-bond donors (Lipinski definition) is 1. The van der Waals surface area contributed by atoms with Crippen molar-refractivity contribution in [3.63, 3.8) is 0 Å². The van der Waals surface area contributed by atoms with Crippen molar-refractivity contribution in [2.24, 2.45) is 5.92 Å². The molecule has 1 saturated heterocycles. The number of carbonyl (C=O) groups is 1. The highest BCUT2D eigenvalue weighted by atomic mass is 35.5. The van der Waals surface area contributed by atoms with E-state index in [0.717, 1.165) is 33.5 Å². The first-order valence-electron chi connectivity index (χ1n) is 12.7. The summed E-state index contributed by atoms with van der Waals surface area (Å²) in [4.78, 5) is 40.5. The number of aromatic nitrogens is 2. The summed E-state index contributed by atoms with van der Waals surface area (Å²) in [6.07, 6.45) is 1.20. The Morgan fingerprint density at radius 1 is 0.951 bits per heavy atom. The normalized spacial score (nSPS) is 13.5. The monoisotopic (exact) mass is 573 g/mol. The lowest BCUT2D eigenvalue weighted by Crippen LogP contribution is -2.52. The maximum Gasteiger partial charge on any atom is 0.321 e. The van der Waals surface area contributed by atoms with Crippen molar-refractivity contribution < 1.29 is 18.7 Å². The number of halogens is 3. The summed E-state index contributed by atoms with van der Waals surface area (Å²) in [6.45, 7) is 4.26. The molecule has 0 aliphatic carbocycles. The summed E-state index contributed by atoms with van der Waals surface area (Å²) in [5.41, 5.74) is -1.68. The second kappa shape index (κ2) is 10.0. The molecule has 41 heavy (non-hydrogen) atoms. The summed E-state index contributed by atoms with van der Waals surface area (Å²) < 4.78 is 32.1. The number of benzene rings is 4. The molecule has 0 bridgehead atoms. The Morgan fingerprint density at radius 3 is 2.37 bits per heavy atom. The molecule has 5 aromatic rings. The summed E-state index contributed by atoms with van der Waals surface area (Å²) in [7, 11) is 0. The highest BCUT2D eigenvalue weighted by Crippen LogP contribution is 2.39. The zero-order valence-corrected chi connectivity index (χ0v) is 22.2. The minimum atomic E-state index is -1.14. The minimum Gasteiger partial charge on any atom is -0.508 e. The van der Waals surface area contributed by atoms with Crippen LogP contribution >= 0.6 is 11.6 Å². The smallest absolute Gasteiger partial charge is 0.321 e. The number of carbonyl (C=O) groups excluding carboxylic acids is 1. The van der Waals surface area contributed by atoms with E-state index in [-0.39, 0.29) is 40.2 Å². The molecule has 1 aliphatic rings. The molecule has 1 fully saturated rings. The Bertz CT molecular complexity index is 2010. The van der Waals surface area contributed by atoms with Crippen LogP contribution in [0.3, 0.4) is 0 Å². The number of fused-ring (bicyclic) bond motifs is 2. The quantitative estimate of drug-likeness (QED) is 0.230. The van der Waals surface area contributed by atoms with Gasteiger partial charge < -0.3 is 14.6 Å². The first kappa shape index (κ1) is 26.5. The molecule has 0 saturated carbocycles. The lowest BCUT2D eigenvalue weighted by molar-refractivity contribution is -0.132. The van der Waals surface area contributed by atoms with Gasteiger partial charge in [-0.3, -0.25) is 19.0 Å². The van der Waals surface area contributed by atoms with Crippen LogP contribution in [0.2, 0.25) is 5.02 Å². The minimum absolute atomic E-state index is 0.0269. The number of amides is 1. The van der Waals surface area contributed by atoms with Gasteiger partial charge in [0.15, 0.2) is 0 Å². The molecule has 0 spiro atoms. The molecule has 1 amide bonds. The van der Waals surface area contributed by atoms with E-state index < -0.39 is 28.4 Å². The Balaban J connectivity index is 1.64. The molecule has 4 aromatic carbocycles. The second-order valence-electron chi connectivity index (χ2n) is 9.98. The van der Waals surface area contributed by atoms with E-state index in [4.69, 9.17) is 11.6 Å². The van der Waals surface area contributed by atoms with Crippen LogP contribution in [0.4, 0.5) is 8.78 Å². The van der Waals surface area contributed by atoms with Crippen molar-refractivity contribution in [1.82, 2.24) is 14.0 Å². The topological polar surface area (TPSA) is 84.5 Å². The van der Waals surface area contributed by atoms with Gasteiger partial charge in [0.25, 0.3) is 0 Å². The molecular formula is C31H22ClF2N3O4. The number of para-hydroxylation sites is 1. The predicted octanol–water partition coefficient (Wildman–Crippen LogP) is 5.25. The van der Waals surface area contributed by atoms with Crippen molar-refractivity contribution in [2.45, 2.75) is 6.54 Å². The third kappa shape index (κ3) is 4.38. The van der Waals surface area contributed by atoms with Crippen LogP contribution in [0, 0.1) is 17.6 Å². The van der Waals surface area contributed by atoms with Gasteiger partial charge in [-0.2, -0.15) is 0 Å². The maximum atomic E-state index is 15.1. The molecule has 1 aliphatic heterocycles. The number of nitrogens with zero attached hydrogens (tertiary/aromatic N) is 3. The highest BCUT2D eigenvalue weighted by Gasteiger charge is 2.31. The van der Waals surface area contributed by atoms with Crippen LogP contribution < -0.4 is 11.1 Å². The largest absolute Gasteiger partial charge is 0.508 e. The fourth-order valence-electron chi connectivity index (χ4n) is 5.46. The summed E-state index contributed by atoms with van der Waals surface area (Å²) >= 11 is 6.79. The number of phenolic OH excluding ortho intramolecular Hbond substituents is 1. The molecule has 2 heterocycles. The van der Waals surface area contributed by atoms with E-state index in [2.05, 4.69) is 6.58 Å². The SMILES string of the molecule is C=CC(=O)N1CC(Cn2c(=O)c(=O)n(-c3c(F)cccc3F)c3cc(-c4cc(O)cc5ccccc45)c(Cl)cc32)C1. The molecular weight excluding hydrogens is 552 g/mol. The molecule has 10 heteroatoms. The fraction of sp³-hybridized carbons (Fsp3) is 0.129. The number of phenols is 1. The first-order chi connectivity index (χ1) is 19.7. The van der Waals surface area contributed by atoms with E-state index in [1.807, 2.05) is 24.3 Å². The highest BCUT2D eigenvalue weighted by molar-refractivity contribution is 6.34. The van der Waals surface area contributed by atoms with Crippen LogP contribution in [-0.2, 0) is 11.3 Å². The van der Waals surface area contributed by atoms with Gasteiger partial charge in [-0.1, -0.05) is 48.5 Å². The van der Waals surface area contributed by atoms with Gasteiger partial charge in [-0.15, -0.1) is 0 Å². The van der Waals surface area contributed by atoms with Crippen LogP contribution in [0.25, 0.3) is 38.6 Å². The summed E-state index contributed by atoms with van der Waals surface area (Å²) in [6, 6.07) is 16.5. The number of likely N-dealkylation sites (tertiary alicyclic amines) is 1. The van der Waals surface area contributed by atoms with Crippen molar-refractivity contribution in [3.05, 3.63) is 117 Å². The number of hydrogen-bond acceptors (Lipinski definition) is 4. The van der Waals surface area contributed by atoms with E-state index in [0.29, 0.717) is 24.2 Å². The average Bonchev–Trinajstić information content (AvgIpc) is 2.92. The molecule has 0 atom stereocenters. The van der Waals surface area contributed by atoms with E-state index in [9.17, 15) is 19.5 Å². The van der Waals surface area contributed by atoms with Crippen molar-refractivity contribution in [2.75, 3.05) is 13.1 Å². The second-order valence-corrected chi connectivity index (χ2v) is 10.4. The van der Waals surface area contributed by atoms with E-state index >= 15 is 8.78 Å².